The lowest BCUT2D eigenvalue weighted by molar-refractivity contribution is 0.0299. The molecule has 1 unspecified atom stereocenters. The Morgan fingerprint density at radius 2 is 1.81 bits per heavy atom. The van der Waals surface area contributed by atoms with E-state index in [4.69, 9.17) is 9.73 Å². The highest BCUT2D eigenvalue weighted by atomic mass is 19.1. The average molecular weight is 362 g/mol. The maximum atomic E-state index is 13.9. The van der Waals surface area contributed by atoms with Gasteiger partial charge in [-0.05, 0) is 38.5 Å². The molecule has 0 N–H and O–H groups in total. The zero-order chi connectivity index (χ0) is 19.1. The molecule has 0 spiro atoms. The molecule has 27 heavy (non-hydrogen) atoms. The molecule has 1 aliphatic heterocycles. The standard InChI is InChI=1S/C23H23FN2O/c1-22(2)15-23(3,13-16-8-5-4-6-9-16)27-21(26-22)18-12-17-10-7-11-19(24)20(17)25-14-18/h4-12,14H,13,15H2,1-3H3. The van der Waals surface area contributed by atoms with Gasteiger partial charge in [-0.25, -0.2) is 9.38 Å². The van der Waals surface area contributed by atoms with Gasteiger partial charge in [-0.15, -0.1) is 0 Å². The Labute approximate surface area is 158 Å². The van der Waals surface area contributed by atoms with E-state index in [-0.39, 0.29) is 17.0 Å². The molecule has 1 aromatic heterocycles. The number of nitrogens with zero attached hydrogens (tertiary/aromatic N) is 2. The number of fused-ring (bicyclic) bond motifs is 1. The van der Waals surface area contributed by atoms with Crippen molar-refractivity contribution in [3.63, 3.8) is 0 Å². The van der Waals surface area contributed by atoms with Crippen LogP contribution in [0.1, 0.15) is 38.3 Å². The van der Waals surface area contributed by atoms with Gasteiger partial charge in [0, 0.05) is 24.4 Å². The summed E-state index contributed by atoms with van der Waals surface area (Å²) in [5.74, 6) is 0.253. The van der Waals surface area contributed by atoms with Gasteiger partial charge in [-0.1, -0.05) is 42.5 Å². The van der Waals surface area contributed by atoms with Crippen LogP contribution in [-0.2, 0) is 11.2 Å². The first-order chi connectivity index (χ1) is 12.8. The summed E-state index contributed by atoms with van der Waals surface area (Å²) in [7, 11) is 0. The molecule has 0 amide bonds. The number of aliphatic imine (C=N–C) groups is 1. The third-order valence-corrected chi connectivity index (χ3v) is 4.88. The summed E-state index contributed by atoms with van der Waals surface area (Å²) in [5, 5.41) is 0.743. The highest BCUT2D eigenvalue weighted by Crippen LogP contribution is 2.36. The highest BCUT2D eigenvalue weighted by Gasteiger charge is 2.40. The molecule has 2 aromatic carbocycles. The van der Waals surface area contributed by atoms with E-state index in [0.29, 0.717) is 11.4 Å². The lowest BCUT2D eigenvalue weighted by atomic mass is 9.83. The lowest BCUT2D eigenvalue weighted by Gasteiger charge is -2.41. The summed E-state index contributed by atoms with van der Waals surface area (Å²) >= 11 is 0. The molecule has 3 aromatic rings. The predicted octanol–water partition coefficient (Wildman–Crippen LogP) is 5.32. The monoisotopic (exact) mass is 362 g/mol. The minimum absolute atomic E-state index is 0.256. The first-order valence-corrected chi connectivity index (χ1v) is 9.21. The Morgan fingerprint density at radius 3 is 2.59 bits per heavy atom. The molecule has 0 radical (unpaired) electrons. The summed E-state index contributed by atoms with van der Waals surface area (Å²) in [6, 6.07) is 17.2. The van der Waals surface area contributed by atoms with Gasteiger partial charge in [-0.2, -0.15) is 0 Å². The number of rotatable bonds is 3. The van der Waals surface area contributed by atoms with E-state index < -0.39 is 0 Å². The van der Waals surface area contributed by atoms with Gasteiger partial charge in [0.15, 0.2) is 0 Å². The maximum absolute atomic E-state index is 13.9. The summed E-state index contributed by atoms with van der Waals surface area (Å²) in [5.41, 5.74) is 1.74. The number of aromatic nitrogens is 1. The van der Waals surface area contributed by atoms with Gasteiger partial charge in [0.1, 0.15) is 16.9 Å². The molecule has 2 heterocycles. The molecule has 0 aliphatic carbocycles. The van der Waals surface area contributed by atoms with E-state index in [1.54, 1.807) is 12.3 Å². The summed E-state index contributed by atoms with van der Waals surface area (Å²) in [6.07, 6.45) is 3.26. The van der Waals surface area contributed by atoms with Crippen LogP contribution < -0.4 is 0 Å². The quantitative estimate of drug-likeness (QED) is 0.632. The molecule has 0 bridgehead atoms. The van der Waals surface area contributed by atoms with Gasteiger partial charge in [0.05, 0.1) is 11.1 Å². The van der Waals surface area contributed by atoms with E-state index in [9.17, 15) is 4.39 Å². The van der Waals surface area contributed by atoms with Gasteiger partial charge in [0.2, 0.25) is 5.90 Å². The Morgan fingerprint density at radius 1 is 1.04 bits per heavy atom. The second-order valence-electron chi connectivity index (χ2n) is 8.16. The Kier molecular flexibility index (Phi) is 4.22. The first-order valence-electron chi connectivity index (χ1n) is 9.21. The van der Waals surface area contributed by atoms with Crippen LogP contribution in [0.15, 0.2) is 65.8 Å². The van der Waals surface area contributed by atoms with Crippen LogP contribution >= 0.6 is 0 Å². The molecule has 138 valence electrons. The molecule has 0 fully saturated rings. The van der Waals surface area contributed by atoms with Crippen LogP contribution in [0.5, 0.6) is 0 Å². The Bertz CT molecular complexity index is 1010. The zero-order valence-corrected chi connectivity index (χ0v) is 15.9. The smallest absolute Gasteiger partial charge is 0.218 e. The van der Waals surface area contributed by atoms with Crippen molar-refractivity contribution >= 4 is 16.8 Å². The Hall–Kier alpha value is -2.75. The second-order valence-corrected chi connectivity index (χ2v) is 8.16. The molecule has 1 atom stereocenters. The lowest BCUT2D eigenvalue weighted by Crippen LogP contribution is -2.45. The van der Waals surface area contributed by atoms with Gasteiger partial charge in [-0.3, -0.25) is 4.98 Å². The minimum Gasteiger partial charge on any atom is -0.471 e. The minimum atomic E-state index is -0.376. The van der Waals surface area contributed by atoms with Crippen LogP contribution in [0.4, 0.5) is 4.39 Å². The number of hydrogen-bond donors (Lipinski definition) is 0. The normalized spacial score (nSPS) is 21.6. The number of benzene rings is 2. The van der Waals surface area contributed by atoms with Gasteiger partial charge in [0.25, 0.3) is 0 Å². The van der Waals surface area contributed by atoms with Gasteiger partial charge >= 0.3 is 0 Å². The molecule has 4 heteroatoms. The zero-order valence-electron chi connectivity index (χ0n) is 15.9. The van der Waals surface area contributed by atoms with Crippen molar-refractivity contribution in [2.75, 3.05) is 0 Å². The number of halogens is 1. The largest absolute Gasteiger partial charge is 0.471 e. The summed E-state index contributed by atoms with van der Waals surface area (Å²) in [6.45, 7) is 6.37. The van der Waals surface area contributed by atoms with Crippen molar-refractivity contribution in [2.24, 2.45) is 4.99 Å². The number of ether oxygens (including phenoxy) is 1. The van der Waals surface area contributed by atoms with Crippen LogP contribution in [-0.4, -0.2) is 22.0 Å². The van der Waals surface area contributed by atoms with Crippen molar-refractivity contribution in [3.8, 4) is 0 Å². The van der Waals surface area contributed by atoms with Crippen LogP contribution in [0.25, 0.3) is 10.9 Å². The van der Waals surface area contributed by atoms with Crippen molar-refractivity contribution in [3.05, 3.63) is 77.7 Å². The highest BCUT2D eigenvalue weighted by molar-refractivity contribution is 5.98. The average Bonchev–Trinajstić information content (AvgIpc) is 2.60. The first kappa shape index (κ1) is 17.7. The molecule has 1 aliphatic rings. The van der Waals surface area contributed by atoms with E-state index in [1.807, 2.05) is 30.3 Å². The molecule has 4 rings (SSSR count). The third kappa shape index (κ3) is 3.70. The summed E-state index contributed by atoms with van der Waals surface area (Å²) in [4.78, 5) is 9.11. The topological polar surface area (TPSA) is 34.5 Å². The van der Waals surface area contributed by atoms with E-state index in [0.717, 1.165) is 23.8 Å². The van der Waals surface area contributed by atoms with Crippen molar-refractivity contribution < 1.29 is 9.13 Å². The van der Waals surface area contributed by atoms with Crippen molar-refractivity contribution in [1.29, 1.82) is 0 Å². The van der Waals surface area contributed by atoms with Crippen LogP contribution in [0.2, 0.25) is 0 Å². The maximum Gasteiger partial charge on any atom is 0.218 e. The van der Waals surface area contributed by atoms with Crippen molar-refractivity contribution in [1.82, 2.24) is 4.98 Å². The second kappa shape index (κ2) is 6.45. The van der Waals surface area contributed by atoms with Gasteiger partial charge < -0.3 is 4.74 Å². The van der Waals surface area contributed by atoms with Crippen LogP contribution in [0.3, 0.4) is 0 Å². The Balaban J connectivity index is 1.71. The third-order valence-electron chi connectivity index (χ3n) is 4.88. The fraction of sp³-hybridized carbons (Fsp3) is 0.304. The van der Waals surface area contributed by atoms with E-state index in [1.165, 1.54) is 11.6 Å². The molecule has 0 saturated heterocycles. The molecule has 3 nitrogen and oxygen atoms in total. The fourth-order valence-corrected chi connectivity index (χ4v) is 4.01. The molecular weight excluding hydrogens is 339 g/mol. The van der Waals surface area contributed by atoms with E-state index in [2.05, 4.69) is 37.9 Å². The molecule has 0 saturated carbocycles. The number of para-hydroxylation sites is 1. The SMILES string of the molecule is CC1(C)CC(C)(Cc2ccccc2)OC(c2cnc3c(F)cccc3c2)=N1. The van der Waals surface area contributed by atoms with Crippen molar-refractivity contribution in [2.45, 2.75) is 44.8 Å². The molecular formula is C23H23FN2O. The number of hydrogen-bond acceptors (Lipinski definition) is 3. The van der Waals surface area contributed by atoms with E-state index >= 15 is 0 Å². The van der Waals surface area contributed by atoms with Crippen LogP contribution in [0, 0.1) is 5.82 Å². The predicted molar refractivity (Wildman–Crippen MR) is 107 cm³/mol. The fourth-order valence-electron chi connectivity index (χ4n) is 4.01. The number of pyridine rings is 1. The summed E-state index contributed by atoms with van der Waals surface area (Å²) < 4.78 is 20.3.